The van der Waals surface area contributed by atoms with Gasteiger partial charge in [0.15, 0.2) is 5.13 Å². The van der Waals surface area contributed by atoms with Gasteiger partial charge in [0.05, 0.1) is 15.1 Å². The van der Waals surface area contributed by atoms with Crippen LogP contribution >= 0.6 is 11.3 Å². The molecule has 2 aromatic carbocycles. The third-order valence-corrected chi connectivity index (χ3v) is 7.19. The first-order valence-electron chi connectivity index (χ1n) is 8.89. The van der Waals surface area contributed by atoms with Crippen LogP contribution in [0.25, 0.3) is 16.3 Å². The molecule has 0 fully saturated rings. The summed E-state index contributed by atoms with van der Waals surface area (Å²) in [4.78, 5) is 16.7. The SMILES string of the molecule is CCN(CC)S(=O)(=O)c1ccc(C=CC(=O)Nc2nc3ccccc3s2)cc1. The molecular weight excluding hydrogens is 394 g/mol. The standard InChI is InChI=1S/C20H21N3O3S2/c1-3-23(4-2)28(25,26)16-12-9-15(10-13-16)11-14-19(24)22-20-21-17-7-5-6-8-18(17)27-20/h5-14H,3-4H2,1-2H3,(H,21,22,24). The summed E-state index contributed by atoms with van der Waals surface area (Å²) in [5, 5.41) is 3.28. The molecule has 0 bridgehead atoms. The van der Waals surface area contributed by atoms with Gasteiger partial charge in [-0.2, -0.15) is 4.31 Å². The number of carbonyl (C=O) groups excluding carboxylic acids is 1. The maximum absolute atomic E-state index is 12.5. The Labute approximate surface area is 168 Å². The summed E-state index contributed by atoms with van der Waals surface area (Å²) in [5.74, 6) is -0.293. The summed E-state index contributed by atoms with van der Waals surface area (Å²) in [5.41, 5.74) is 1.58. The average Bonchev–Trinajstić information content (AvgIpc) is 3.09. The van der Waals surface area contributed by atoms with E-state index < -0.39 is 10.0 Å². The molecule has 0 radical (unpaired) electrons. The topological polar surface area (TPSA) is 79.4 Å². The molecule has 8 heteroatoms. The number of para-hydroxylation sites is 1. The molecule has 0 aliphatic carbocycles. The van der Waals surface area contributed by atoms with Gasteiger partial charge >= 0.3 is 0 Å². The summed E-state index contributed by atoms with van der Waals surface area (Å²) in [7, 11) is -3.48. The predicted molar refractivity (Wildman–Crippen MR) is 114 cm³/mol. The zero-order valence-electron chi connectivity index (χ0n) is 15.6. The van der Waals surface area contributed by atoms with Crippen molar-refractivity contribution < 1.29 is 13.2 Å². The molecule has 1 aromatic heterocycles. The third-order valence-electron chi connectivity index (χ3n) is 4.17. The number of benzene rings is 2. The van der Waals surface area contributed by atoms with Crippen molar-refractivity contribution in [2.45, 2.75) is 18.7 Å². The number of fused-ring (bicyclic) bond motifs is 1. The van der Waals surface area contributed by atoms with Gasteiger partial charge in [0.2, 0.25) is 15.9 Å². The van der Waals surface area contributed by atoms with Gasteiger partial charge in [0.1, 0.15) is 0 Å². The molecule has 0 spiro atoms. The first-order valence-corrected chi connectivity index (χ1v) is 11.1. The van der Waals surface area contributed by atoms with Gasteiger partial charge in [-0.3, -0.25) is 10.1 Å². The first kappa shape index (κ1) is 20.2. The molecule has 0 unspecified atom stereocenters. The van der Waals surface area contributed by atoms with Crippen LogP contribution in [0.2, 0.25) is 0 Å². The van der Waals surface area contributed by atoms with E-state index in [0.717, 1.165) is 15.8 Å². The molecule has 6 nitrogen and oxygen atoms in total. The number of rotatable bonds is 7. The lowest BCUT2D eigenvalue weighted by Gasteiger charge is -2.18. The summed E-state index contributed by atoms with van der Waals surface area (Å²) in [6, 6.07) is 14.1. The molecule has 0 aliphatic heterocycles. The van der Waals surface area contributed by atoms with Crippen LogP contribution in [0.1, 0.15) is 19.4 Å². The number of hydrogen-bond donors (Lipinski definition) is 1. The summed E-state index contributed by atoms with van der Waals surface area (Å²) >= 11 is 1.41. The van der Waals surface area contributed by atoms with Crippen LogP contribution in [-0.2, 0) is 14.8 Å². The van der Waals surface area contributed by atoms with Crippen LogP contribution in [0.3, 0.4) is 0 Å². The minimum absolute atomic E-state index is 0.243. The molecule has 3 rings (SSSR count). The number of nitrogens with one attached hydrogen (secondary N) is 1. The van der Waals surface area contributed by atoms with Gasteiger partial charge in [-0.05, 0) is 35.9 Å². The van der Waals surface area contributed by atoms with Crippen LogP contribution in [0.4, 0.5) is 5.13 Å². The molecule has 0 atom stereocenters. The molecule has 28 heavy (non-hydrogen) atoms. The molecule has 1 amide bonds. The Morgan fingerprint density at radius 1 is 1.11 bits per heavy atom. The Morgan fingerprint density at radius 3 is 2.43 bits per heavy atom. The highest BCUT2D eigenvalue weighted by Gasteiger charge is 2.20. The smallest absolute Gasteiger partial charge is 0.250 e. The second-order valence-corrected chi connectivity index (χ2v) is 8.94. The maximum atomic E-state index is 12.5. The first-order chi connectivity index (χ1) is 13.4. The molecular formula is C20H21N3O3S2. The van der Waals surface area contributed by atoms with Gasteiger partial charge in [-0.25, -0.2) is 13.4 Å². The van der Waals surface area contributed by atoms with Crippen LogP contribution in [0.15, 0.2) is 59.5 Å². The number of carbonyl (C=O) groups is 1. The van der Waals surface area contributed by atoms with Gasteiger partial charge in [0, 0.05) is 19.2 Å². The van der Waals surface area contributed by atoms with E-state index in [1.807, 2.05) is 38.1 Å². The van der Waals surface area contributed by atoms with Gasteiger partial charge in [-0.1, -0.05) is 49.4 Å². The zero-order valence-corrected chi connectivity index (χ0v) is 17.3. The number of amides is 1. The lowest BCUT2D eigenvalue weighted by molar-refractivity contribution is -0.111. The number of hydrogen-bond acceptors (Lipinski definition) is 5. The van der Waals surface area contributed by atoms with E-state index in [0.29, 0.717) is 18.2 Å². The van der Waals surface area contributed by atoms with Gasteiger partial charge in [-0.15, -0.1) is 0 Å². The van der Waals surface area contributed by atoms with Crippen molar-refractivity contribution in [1.82, 2.24) is 9.29 Å². The van der Waals surface area contributed by atoms with Crippen LogP contribution in [0.5, 0.6) is 0 Å². The fraction of sp³-hybridized carbons (Fsp3) is 0.200. The van der Waals surface area contributed by atoms with Crippen molar-refractivity contribution in [3.8, 4) is 0 Å². The number of anilines is 1. The highest BCUT2D eigenvalue weighted by atomic mass is 32.2. The Balaban J connectivity index is 1.67. The van der Waals surface area contributed by atoms with Crippen molar-refractivity contribution in [2.24, 2.45) is 0 Å². The maximum Gasteiger partial charge on any atom is 0.250 e. The van der Waals surface area contributed by atoms with E-state index in [4.69, 9.17) is 0 Å². The molecule has 1 heterocycles. The van der Waals surface area contributed by atoms with Crippen molar-refractivity contribution >= 4 is 48.7 Å². The van der Waals surface area contributed by atoms with Crippen LogP contribution in [0, 0.1) is 0 Å². The Morgan fingerprint density at radius 2 is 1.79 bits per heavy atom. The normalized spacial score (nSPS) is 12.1. The quantitative estimate of drug-likeness (QED) is 0.592. The fourth-order valence-corrected chi connectivity index (χ4v) is 5.03. The van der Waals surface area contributed by atoms with Crippen molar-refractivity contribution in [2.75, 3.05) is 18.4 Å². The fourth-order valence-electron chi connectivity index (χ4n) is 2.71. The number of sulfonamides is 1. The highest BCUT2D eigenvalue weighted by Crippen LogP contribution is 2.25. The van der Waals surface area contributed by atoms with Gasteiger partial charge in [0.25, 0.3) is 0 Å². The second kappa shape index (κ2) is 8.64. The van der Waals surface area contributed by atoms with Crippen LogP contribution in [-0.4, -0.2) is 36.7 Å². The number of nitrogens with zero attached hydrogens (tertiary/aromatic N) is 2. The predicted octanol–water partition coefficient (Wildman–Crippen LogP) is 3.98. The third kappa shape index (κ3) is 4.46. The average molecular weight is 416 g/mol. The van der Waals surface area contributed by atoms with E-state index in [2.05, 4.69) is 10.3 Å². The molecule has 3 aromatic rings. The van der Waals surface area contributed by atoms with Crippen molar-refractivity contribution in [3.63, 3.8) is 0 Å². The summed E-state index contributed by atoms with van der Waals surface area (Å²) in [6.45, 7) is 4.46. The largest absolute Gasteiger partial charge is 0.298 e. The molecule has 0 saturated heterocycles. The van der Waals surface area contributed by atoms with E-state index in [9.17, 15) is 13.2 Å². The molecule has 1 N–H and O–H groups in total. The Bertz CT molecular complexity index is 1070. The van der Waals surface area contributed by atoms with E-state index in [1.54, 1.807) is 30.3 Å². The summed E-state index contributed by atoms with van der Waals surface area (Å²) < 4.78 is 27.4. The minimum Gasteiger partial charge on any atom is -0.298 e. The number of thiazole rings is 1. The van der Waals surface area contributed by atoms with E-state index >= 15 is 0 Å². The van der Waals surface area contributed by atoms with Gasteiger partial charge < -0.3 is 0 Å². The van der Waals surface area contributed by atoms with E-state index in [1.165, 1.54) is 21.7 Å². The Hall–Kier alpha value is -2.55. The minimum atomic E-state index is -3.48. The Kier molecular flexibility index (Phi) is 6.23. The summed E-state index contributed by atoms with van der Waals surface area (Å²) in [6.07, 6.45) is 3.04. The highest BCUT2D eigenvalue weighted by molar-refractivity contribution is 7.89. The lowest BCUT2D eigenvalue weighted by atomic mass is 10.2. The van der Waals surface area contributed by atoms with Crippen molar-refractivity contribution in [3.05, 3.63) is 60.2 Å². The lowest BCUT2D eigenvalue weighted by Crippen LogP contribution is -2.30. The molecule has 146 valence electrons. The van der Waals surface area contributed by atoms with Crippen molar-refractivity contribution in [1.29, 1.82) is 0 Å². The monoisotopic (exact) mass is 415 g/mol. The zero-order chi connectivity index (χ0) is 20.1. The molecule has 0 aliphatic rings. The number of aromatic nitrogens is 1. The molecule has 0 saturated carbocycles. The van der Waals surface area contributed by atoms with E-state index in [-0.39, 0.29) is 10.8 Å². The van der Waals surface area contributed by atoms with Crippen LogP contribution < -0.4 is 5.32 Å². The second-order valence-electron chi connectivity index (χ2n) is 5.97.